The van der Waals surface area contributed by atoms with Crippen LogP contribution in [0.15, 0.2) is 17.5 Å². The minimum atomic E-state index is -0.961. The van der Waals surface area contributed by atoms with E-state index in [1.807, 2.05) is 32.2 Å². The lowest BCUT2D eigenvalue weighted by Crippen LogP contribution is -2.37. The second-order valence-corrected chi connectivity index (χ2v) is 6.37. The van der Waals surface area contributed by atoms with E-state index in [2.05, 4.69) is 0 Å². The minimum absolute atomic E-state index is 0.119. The van der Waals surface area contributed by atoms with E-state index < -0.39 is 5.97 Å². The van der Waals surface area contributed by atoms with Gasteiger partial charge in [-0.15, -0.1) is 11.3 Å². The third kappa shape index (κ3) is 4.49. The molecule has 0 bridgehead atoms. The van der Waals surface area contributed by atoms with Crippen molar-refractivity contribution in [3.05, 3.63) is 28.0 Å². The van der Waals surface area contributed by atoms with Crippen molar-refractivity contribution < 1.29 is 14.7 Å². The number of carbonyl (C=O) groups is 2. The van der Waals surface area contributed by atoms with Gasteiger partial charge in [-0.25, -0.2) is 4.79 Å². The van der Waals surface area contributed by atoms with Crippen LogP contribution in [0.25, 0.3) is 6.08 Å². The number of carbonyl (C=O) groups excluding carboxylic acids is 1. The van der Waals surface area contributed by atoms with E-state index in [0.29, 0.717) is 6.54 Å². The monoisotopic (exact) mass is 295 g/mol. The molecule has 1 amide bonds. The molecule has 0 atom stereocenters. The fraction of sp³-hybridized carbons (Fsp3) is 0.467. The highest BCUT2D eigenvalue weighted by atomic mass is 32.1. The number of carboxylic acids is 1. The predicted octanol–water partition coefficient (Wildman–Crippen LogP) is 3.24. The Bertz CT molecular complexity index is 517. The lowest BCUT2D eigenvalue weighted by molar-refractivity contribution is -0.139. The van der Waals surface area contributed by atoms with Crippen LogP contribution >= 0.6 is 11.3 Å². The van der Waals surface area contributed by atoms with Gasteiger partial charge in [-0.1, -0.05) is 20.8 Å². The summed E-state index contributed by atoms with van der Waals surface area (Å²) >= 11 is 1.47. The van der Waals surface area contributed by atoms with Crippen LogP contribution in [-0.4, -0.2) is 28.9 Å². The van der Waals surface area contributed by atoms with Gasteiger partial charge in [0.2, 0.25) is 5.91 Å². The van der Waals surface area contributed by atoms with Crippen LogP contribution < -0.4 is 0 Å². The first kappa shape index (κ1) is 16.4. The fourth-order valence-electron chi connectivity index (χ4n) is 1.73. The molecule has 110 valence electrons. The first-order chi connectivity index (χ1) is 9.26. The Kier molecular flexibility index (Phi) is 5.51. The molecule has 0 saturated carbocycles. The van der Waals surface area contributed by atoms with Gasteiger partial charge < -0.3 is 10.0 Å². The van der Waals surface area contributed by atoms with Crippen molar-refractivity contribution in [2.45, 2.75) is 33.7 Å². The number of rotatable bonds is 6. The van der Waals surface area contributed by atoms with Gasteiger partial charge in [-0.3, -0.25) is 4.79 Å². The van der Waals surface area contributed by atoms with Crippen molar-refractivity contribution in [3.63, 3.8) is 0 Å². The first-order valence-corrected chi connectivity index (χ1v) is 7.38. The van der Waals surface area contributed by atoms with Crippen molar-refractivity contribution in [2.24, 2.45) is 5.41 Å². The molecule has 1 aromatic heterocycles. The minimum Gasteiger partial charge on any atom is -0.478 e. The zero-order valence-corrected chi connectivity index (χ0v) is 13.2. The average molecular weight is 295 g/mol. The zero-order valence-electron chi connectivity index (χ0n) is 12.3. The second-order valence-electron chi connectivity index (χ2n) is 5.43. The number of hydrogen-bond donors (Lipinski definition) is 1. The Hall–Kier alpha value is -1.62. The van der Waals surface area contributed by atoms with Crippen LogP contribution in [0.2, 0.25) is 0 Å². The molecule has 20 heavy (non-hydrogen) atoms. The third-order valence-corrected chi connectivity index (χ3v) is 4.24. The molecule has 5 heteroatoms. The molecule has 1 rings (SSSR count). The smallest absolute Gasteiger partial charge is 0.328 e. The van der Waals surface area contributed by atoms with Crippen LogP contribution in [0, 0.1) is 5.41 Å². The average Bonchev–Trinajstić information content (AvgIpc) is 2.82. The number of nitrogens with zero attached hydrogens (tertiary/aromatic N) is 1. The van der Waals surface area contributed by atoms with Crippen molar-refractivity contribution >= 4 is 29.3 Å². The van der Waals surface area contributed by atoms with Crippen molar-refractivity contribution in [2.75, 3.05) is 7.05 Å². The first-order valence-electron chi connectivity index (χ1n) is 6.50. The molecule has 0 radical (unpaired) electrons. The number of aliphatic carboxylic acids is 1. The molecule has 0 aliphatic rings. The summed E-state index contributed by atoms with van der Waals surface area (Å²) in [6, 6.07) is 1.91. The topological polar surface area (TPSA) is 57.6 Å². The van der Waals surface area contributed by atoms with Crippen LogP contribution in [0.4, 0.5) is 0 Å². The molecule has 0 unspecified atom stereocenters. The van der Waals surface area contributed by atoms with E-state index in [-0.39, 0.29) is 11.3 Å². The highest BCUT2D eigenvalue weighted by Gasteiger charge is 2.28. The van der Waals surface area contributed by atoms with Gasteiger partial charge in [0, 0.05) is 30.0 Å². The molecule has 1 heterocycles. The summed E-state index contributed by atoms with van der Waals surface area (Å²) < 4.78 is 0. The van der Waals surface area contributed by atoms with Crippen LogP contribution in [0.5, 0.6) is 0 Å². The lowest BCUT2D eigenvalue weighted by atomic mass is 9.88. The van der Waals surface area contributed by atoms with Crippen LogP contribution in [0.3, 0.4) is 0 Å². The summed E-state index contributed by atoms with van der Waals surface area (Å²) in [5.74, 6) is -0.842. The molecular weight excluding hydrogens is 274 g/mol. The van der Waals surface area contributed by atoms with Gasteiger partial charge >= 0.3 is 5.97 Å². The van der Waals surface area contributed by atoms with Gasteiger partial charge in [0.15, 0.2) is 0 Å². The Morgan fingerprint density at radius 3 is 2.65 bits per heavy atom. The normalized spacial score (nSPS) is 11.8. The van der Waals surface area contributed by atoms with Gasteiger partial charge in [-0.2, -0.15) is 0 Å². The molecule has 4 nitrogen and oxygen atoms in total. The Morgan fingerprint density at radius 2 is 2.10 bits per heavy atom. The largest absolute Gasteiger partial charge is 0.478 e. The SMILES string of the molecule is CCC(C)(C)C(=O)N(C)Cc1csc(C=CC(=O)O)c1. The number of amides is 1. The number of hydrogen-bond acceptors (Lipinski definition) is 3. The number of carboxylic acid groups (broad SMARTS) is 1. The van der Waals surface area contributed by atoms with Crippen molar-refractivity contribution in [3.8, 4) is 0 Å². The van der Waals surface area contributed by atoms with Gasteiger partial charge in [0.1, 0.15) is 0 Å². The Balaban J connectivity index is 2.70. The maximum Gasteiger partial charge on any atom is 0.328 e. The van der Waals surface area contributed by atoms with Crippen LogP contribution in [-0.2, 0) is 16.1 Å². The highest BCUT2D eigenvalue weighted by Crippen LogP contribution is 2.24. The maximum atomic E-state index is 12.3. The van der Waals surface area contributed by atoms with Gasteiger partial charge in [0.25, 0.3) is 0 Å². The molecular formula is C15H21NO3S. The summed E-state index contributed by atoms with van der Waals surface area (Å²) in [5, 5.41) is 10.5. The lowest BCUT2D eigenvalue weighted by Gasteiger charge is -2.28. The zero-order chi connectivity index (χ0) is 15.3. The predicted molar refractivity (Wildman–Crippen MR) is 81.5 cm³/mol. The fourth-order valence-corrected chi connectivity index (χ4v) is 2.53. The van der Waals surface area contributed by atoms with Gasteiger partial charge in [0.05, 0.1) is 0 Å². The summed E-state index contributed by atoms with van der Waals surface area (Å²) in [6.07, 6.45) is 3.48. The Morgan fingerprint density at radius 1 is 1.45 bits per heavy atom. The van der Waals surface area contributed by atoms with E-state index in [0.717, 1.165) is 22.9 Å². The summed E-state index contributed by atoms with van der Waals surface area (Å²) in [7, 11) is 1.80. The van der Waals surface area contributed by atoms with E-state index in [1.165, 1.54) is 11.3 Å². The molecule has 0 aliphatic heterocycles. The quantitative estimate of drug-likeness (QED) is 0.820. The Labute approximate surface area is 123 Å². The summed E-state index contributed by atoms with van der Waals surface area (Å²) in [6.45, 7) is 6.44. The van der Waals surface area contributed by atoms with Crippen molar-refractivity contribution in [1.29, 1.82) is 0 Å². The standard InChI is InChI=1S/C15H21NO3S/c1-5-15(2,3)14(19)16(4)9-11-8-12(20-10-11)6-7-13(17)18/h6-8,10H,5,9H2,1-4H3,(H,17,18). The molecule has 0 saturated heterocycles. The van der Waals surface area contributed by atoms with E-state index in [9.17, 15) is 9.59 Å². The third-order valence-electron chi connectivity index (χ3n) is 3.29. The maximum absolute atomic E-state index is 12.3. The molecule has 0 aliphatic carbocycles. The van der Waals surface area contributed by atoms with Crippen molar-refractivity contribution in [1.82, 2.24) is 4.90 Å². The molecule has 0 spiro atoms. The second kappa shape index (κ2) is 6.70. The molecule has 0 fully saturated rings. The molecule has 1 aromatic rings. The van der Waals surface area contributed by atoms with E-state index >= 15 is 0 Å². The van der Waals surface area contributed by atoms with Gasteiger partial charge in [-0.05, 0) is 29.5 Å². The van der Waals surface area contributed by atoms with E-state index in [1.54, 1.807) is 18.0 Å². The van der Waals surface area contributed by atoms with Crippen LogP contribution in [0.1, 0.15) is 37.6 Å². The molecule has 1 N–H and O–H groups in total. The molecule has 0 aromatic carbocycles. The summed E-state index contributed by atoms with van der Waals surface area (Å²) in [4.78, 5) is 25.3. The van der Waals surface area contributed by atoms with E-state index in [4.69, 9.17) is 5.11 Å². The summed E-state index contributed by atoms with van der Waals surface area (Å²) in [5.41, 5.74) is 0.666. The highest BCUT2D eigenvalue weighted by molar-refractivity contribution is 7.11. The number of thiophene rings is 1.